The molecule has 1 aliphatic rings. The van der Waals surface area contributed by atoms with Crippen LogP contribution in [0.2, 0.25) is 0 Å². The monoisotopic (exact) mass is 476 g/mol. The van der Waals surface area contributed by atoms with Crippen LogP contribution in [0, 0.1) is 0 Å². The second-order valence-electron chi connectivity index (χ2n) is 8.53. The molecule has 1 aliphatic heterocycles. The second kappa shape index (κ2) is 8.57. The average Bonchev–Trinajstić information content (AvgIpc) is 3.37. The van der Waals surface area contributed by atoms with E-state index in [9.17, 15) is 13.2 Å². The Labute approximate surface area is 197 Å². The summed E-state index contributed by atoms with van der Waals surface area (Å²) < 4.78 is 29.7. The number of hydrogen-bond donors (Lipinski definition) is 1. The number of H-pyrrole nitrogens is 1. The molecule has 1 fully saturated rings. The molecule has 2 aromatic carbocycles. The number of imidazole rings is 1. The minimum atomic E-state index is -3.30. The molecule has 0 spiro atoms. The number of sulfone groups is 1. The lowest BCUT2D eigenvalue weighted by Gasteiger charge is -2.23. The largest absolute Gasteiger partial charge is 0.457 e. The van der Waals surface area contributed by atoms with Gasteiger partial charge in [-0.15, -0.1) is 0 Å². The highest BCUT2D eigenvalue weighted by Gasteiger charge is 2.28. The van der Waals surface area contributed by atoms with Gasteiger partial charge in [0.1, 0.15) is 17.2 Å². The molecule has 0 bridgehead atoms. The van der Waals surface area contributed by atoms with Crippen molar-refractivity contribution < 1.29 is 17.9 Å². The normalized spacial score (nSPS) is 16.4. The highest BCUT2D eigenvalue weighted by Crippen LogP contribution is 2.33. The van der Waals surface area contributed by atoms with E-state index in [0.29, 0.717) is 35.8 Å². The predicted octanol–water partition coefficient (Wildman–Crippen LogP) is 4.33. The molecule has 1 unspecified atom stereocenters. The van der Waals surface area contributed by atoms with Crippen molar-refractivity contribution in [2.45, 2.75) is 37.2 Å². The first kappa shape index (κ1) is 22.1. The van der Waals surface area contributed by atoms with Gasteiger partial charge in [0.2, 0.25) is 5.91 Å². The van der Waals surface area contributed by atoms with Crippen LogP contribution >= 0.6 is 0 Å². The van der Waals surface area contributed by atoms with Gasteiger partial charge >= 0.3 is 0 Å². The summed E-state index contributed by atoms with van der Waals surface area (Å²) >= 11 is 0. The molecule has 34 heavy (non-hydrogen) atoms. The van der Waals surface area contributed by atoms with E-state index in [0.717, 1.165) is 23.2 Å². The maximum atomic E-state index is 12.4. The summed E-state index contributed by atoms with van der Waals surface area (Å²) in [5.74, 6) is 1.82. The van der Waals surface area contributed by atoms with Gasteiger partial charge in [0.25, 0.3) is 0 Å². The Morgan fingerprint density at radius 2 is 1.94 bits per heavy atom. The number of rotatable bonds is 6. The second-order valence-corrected chi connectivity index (χ2v) is 10.5. The van der Waals surface area contributed by atoms with Gasteiger partial charge in [0.05, 0.1) is 15.9 Å². The molecule has 5 rings (SSSR count). The lowest BCUT2D eigenvalue weighted by atomic mass is 10.1. The fourth-order valence-corrected chi connectivity index (χ4v) is 4.74. The van der Waals surface area contributed by atoms with Crippen molar-refractivity contribution in [2.75, 3.05) is 6.26 Å². The Morgan fingerprint density at radius 1 is 1.15 bits per heavy atom. The summed E-state index contributed by atoms with van der Waals surface area (Å²) in [6.07, 6.45) is 4.25. The molecular formula is C25H24N4O4S. The number of fused-ring (bicyclic) bond motifs is 1. The number of ether oxygens (including phenoxy) is 1. The number of nitrogens with one attached hydrogen (secondary N) is 1. The fourth-order valence-electron chi connectivity index (χ4n) is 4.11. The number of amides is 1. The molecule has 3 heterocycles. The van der Waals surface area contributed by atoms with E-state index in [2.05, 4.69) is 15.0 Å². The van der Waals surface area contributed by atoms with E-state index in [1.165, 1.54) is 18.4 Å². The van der Waals surface area contributed by atoms with Crippen molar-refractivity contribution in [3.63, 3.8) is 0 Å². The van der Waals surface area contributed by atoms with Crippen LogP contribution in [0.3, 0.4) is 0 Å². The molecule has 2 aromatic heterocycles. The number of aromatic nitrogens is 3. The topological polar surface area (TPSA) is 105 Å². The van der Waals surface area contributed by atoms with Gasteiger partial charge in [0.15, 0.2) is 15.7 Å². The molecule has 1 atom stereocenters. The van der Waals surface area contributed by atoms with Crippen LogP contribution in [0.25, 0.3) is 22.6 Å². The van der Waals surface area contributed by atoms with E-state index < -0.39 is 9.84 Å². The van der Waals surface area contributed by atoms with Crippen LogP contribution in [-0.4, -0.2) is 46.5 Å². The number of hydrogen-bond acceptors (Lipinski definition) is 6. The predicted molar refractivity (Wildman–Crippen MR) is 128 cm³/mol. The lowest BCUT2D eigenvalue weighted by Crippen LogP contribution is -2.30. The number of nitrogens with zero attached hydrogens (tertiary/aromatic N) is 3. The first-order chi connectivity index (χ1) is 16.3. The zero-order valence-corrected chi connectivity index (χ0v) is 19.7. The van der Waals surface area contributed by atoms with Crippen LogP contribution in [-0.2, 0) is 21.2 Å². The van der Waals surface area contributed by atoms with E-state index in [-0.39, 0.29) is 16.8 Å². The summed E-state index contributed by atoms with van der Waals surface area (Å²) in [5, 5.41) is 0. The number of pyridine rings is 1. The summed E-state index contributed by atoms with van der Waals surface area (Å²) in [6.45, 7) is 2.45. The van der Waals surface area contributed by atoms with Gasteiger partial charge in [-0.05, 0) is 55.8 Å². The molecule has 0 aliphatic carbocycles. The van der Waals surface area contributed by atoms with Gasteiger partial charge in [0, 0.05) is 43.1 Å². The Bertz CT molecular complexity index is 1460. The van der Waals surface area contributed by atoms with E-state index in [4.69, 9.17) is 4.74 Å². The number of carbonyl (C=O) groups excluding carboxylic acids is 1. The molecule has 174 valence electrons. The Hall–Kier alpha value is -3.72. The van der Waals surface area contributed by atoms with Crippen molar-refractivity contribution in [1.29, 1.82) is 0 Å². The van der Waals surface area contributed by atoms with Crippen molar-refractivity contribution in [2.24, 2.45) is 0 Å². The molecule has 1 N–H and O–H groups in total. The van der Waals surface area contributed by atoms with Gasteiger partial charge in [-0.2, -0.15) is 0 Å². The minimum Gasteiger partial charge on any atom is -0.457 e. The summed E-state index contributed by atoms with van der Waals surface area (Å²) in [5.41, 5.74) is 3.07. The standard InChI is InChI=1S/C25H24N4O4S/c1-16-6-11-24(30)29(16)15-17-13-21-22(28-25(27-21)20-5-3-4-12-26-20)14-23(17)33-18-7-9-19(10-8-18)34(2,31)32/h3-5,7-10,12-14,16H,6,11,15H2,1-2H3,(H,27,28). The molecule has 8 nitrogen and oxygen atoms in total. The van der Waals surface area contributed by atoms with Gasteiger partial charge in [-0.25, -0.2) is 13.4 Å². The lowest BCUT2D eigenvalue weighted by molar-refractivity contribution is -0.129. The number of carbonyl (C=O) groups is 1. The van der Waals surface area contributed by atoms with Crippen LogP contribution < -0.4 is 4.74 Å². The first-order valence-corrected chi connectivity index (χ1v) is 12.9. The summed E-state index contributed by atoms with van der Waals surface area (Å²) in [4.78, 5) is 26.9. The molecule has 9 heteroatoms. The highest BCUT2D eigenvalue weighted by molar-refractivity contribution is 7.90. The van der Waals surface area contributed by atoms with Crippen LogP contribution in [0.1, 0.15) is 25.3 Å². The molecule has 0 radical (unpaired) electrons. The van der Waals surface area contributed by atoms with Crippen molar-refractivity contribution in [3.8, 4) is 23.0 Å². The quantitative estimate of drug-likeness (QED) is 0.444. The maximum absolute atomic E-state index is 12.4. The third-order valence-electron chi connectivity index (χ3n) is 6.02. The summed E-state index contributed by atoms with van der Waals surface area (Å²) in [6, 6.07) is 15.8. The highest BCUT2D eigenvalue weighted by atomic mass is 32.2. The van der Waals surface area contributed by atoms with E-state index in [1.54, 1.807) is 18.3 Å². The van der Waals surface area contributed by atoms with E-state index in [1.807, 2.05) is 42.2 Å². The zero-order chi connectivity index (χ0) is 23.9. The van der Waals surface area contributed by atoms with Gasteiger partial charge in [-0.3, -0.25) is 9.78 Å². The van der Waals surface area contributed by atoms with Crippen LogP contribution in [0.15, 0.2) is 65.7 Å². The Kier molecular flexibility index (Phi) is 5.57. The third-order valence-corrected chi connectivity index (χ3v) is 7.15. The minimum absolute atomic E-state index is 0.120. The van der Waals surface area contributed by atoms with Crippen LogP contribution in [0.5, 0.6) is 11.5 Å². The summed E-state index contributed by atoms with van der Waals surface area (Å²) in [7, 11) is -3.30. The van der Waals surface area contributed by atoms with Crippen LogP contribution in [0.4, 0.5) is 0 Å². The van der Waals surface area contributed by atoms with Crippen molar-refractivity contribution in [3.05, 3.63) is 66.4 Å². The van der Waals surface area contributed by atoms with Gasteiger partial charge in [-0.1, -0.05) is 6.07 Å². The zero-order valence-electron chi connectivity index (χ0n) is 18.9. The fraction of sp³-hybridized carbons (Fsp3) is 0.240. The molecule has 0 saturated carbocycles. The molecular weight excluding hydrogens is 452 g/mol. The average molecular weight is 477 g/mol. The van der Waals surface area contributed by atoms with Gasteiger partial charge < -0.3 is 14.6 Å². The Morgan fingerprint density at radius 3 is 2.59 bits per heavy atom. The third kappa shape index (κ3) is 4.38. The molecule has 1 saturated heterocycles. The number of likely N-dealkylation sites (tertiary alicyclic amines) is 1. The number of aromatic amines is 1. The Balaban J connectivity index is 1.55. The first-order valence-electron chi connectivity index (χ1n) is 11.0. The van der Waals surface area contributed by atoms with E-state index >= 15 is 0 Å². The maximum Gasteiger partial charge on any atom is 0.223 e. The number of benzene rings is 2. The molecule has 1 amide bonds. The van der Waals surface area contributed by atoms with Crippen molar-refractivity contribution in [1.82, 2.24) is 19.9 Å². The SMILES string of the molecule is CC1CCC(=O)N1Cc1cc2[nH]c(-c3ccccn3)nc2cc1Oc1ccc(S(C)(=O)=O)cc1. The molecule has 4 aromatic rings. The smallest absolute Gasteiger partial charge is 0.223 e. The van der Waals surface area contributed by atoms with Crippen molar-refractivity contribution >= 4 is 26.8 Å².